The summed E-state index contributed by atoms with van der Waals surface area (Å²) in [6, 6.07) is 1.02. The van der Waals surface area contributed by atoms with E-state index in [2.05, 4.69) is 4.98 Å². The Bertz CT molecular complexity index is 354. The standard InChI is InChI=1S/C8H9FN2O3/c1-5(2)14-6-3-7(11(12)13)8(9)10-4-6/h3-5H,1-2H3. The van der Waals surface area contributed by atoms with Crippen molar-refractivity contribution in [3.8, 4) is 5.75 Å². The van der Waals surface area contributed by atoms with Crippen LogP contribution in [0.15, 0.2) is 12.3 Å². The molecule has 0 atom stereocenters. The summed E-state index contributed by atoms with van der Waals surface area (Å²) < 4.78 is 17.9. The van der Waals surface area contributed by atoms with Crippen molar-refractivity contribution < 1.29 is 14.1 Å². The number of aromatic nitrogens is 1. The second-order valence-corrected chi connectivity index (χ2v) is 2.90. The van der Waals surface area contributed by atoms with Gasteiger partial charge in [-0.3, -0.25) is 10.1 Å². The van der Waals surface area contributed by atoms with Gasteiger partial charge in [-0.1, -0.05) is 0 Å². The van der Waals surface area contributed by atoms with Gasteiger partial charge in [0, 0.05) is 0 Å². The van der Waals surface area contributed by atoms with E-state index in [1.165, 1.54) is 0 Å². The SMILES string of the molecule is CC(C)Oc1cnc(F)c([N+](=O)[O-])c1. The summed E-state index contributed by atoms with van der Waals surface area (Å²) in [4.78, 5) is 12.7. The van der Waals surface area contributed by atoms with Crippen LogP contribution < -0.4 is 4.74 Å². The number of halogens is 1. The van der Waals surface area contributed by atoms with Gasteiger partial charge >= 0.3 is 5.69 Å². The van der Waals surface area contributed by atoms with Gasteiger partial charge < -0.3 is 4.74 Å². The predicted octanol–water partition coefficient (Wildman–Crippen LogP) is 1.92. The van der Waals surface area contributed by atoms with Crippen LogP contribution in [0.2, 0.25) is 0 Å². The molecule has 14 heavy (non-hydrogen) atoms. The predicted molar refractivity (Wildman–Crippen MR) is 46.6 cm³/mol. The molecule has 0 saturated heterocycles. The third kappa shape index (κ3) is 2.38. The van der Waals surface area contributed by atoms with Crippen LogP contribution in [0.25, 0.3) is 0 Å². The van der Waals surface area contributed by atoms with E-state index >= 15 is 0 Å². The lowest BCUT2D eigenvalue weighted by Crippen LogP contribution is -2.06. The molecule has 1 aromatic rings. The van der Waals surface area contributed by atoms with Crippen LogP contribution >= 0.6 is 0 Å². The van der Waals surface area contributed by atoms with Crippen molar-refractivity contribution in [2.24, 2.45) is 0 Å². The van der Waals surface area contributed by atoms with Crippen molar-refractivity contribution in [2.45, 2.75) is 20.0 Å². The average Bonchev–Trinajstić information content (AvgIpc) is 2.07. The molecule has 0 amide bonds. The zero-order chi connectivity index (χ0) is 10.7. The van der Waals surface area contributed by atoms with Gasteiger partial charge in [0.15, 0.2) is 0 Å². The van der Waals surface area contributed by atoms with Gasteiger partial charge in [-0.2, -0.15) is 4.39 Å². The third-order valence-corrected chi connectivity index (χ3v) is 1.36. The molecule has 0 bridgehead atoms. The van der Waals surface area contributed by atoms with Crippen molar-refractivity contribution in [1.29, 1.82) is 0 Å². The Morgan fingerprint density at radius 1 is 1.64 bits per heavy atom. The largest absolute Gasteiger partial charge is 0.489 e. The smallest absolute Gasteiger partial charge is 0.327 e. The van der Waals surface area contributed by atoms with Gasteiger partial charge in [0.05, 0.1) is 23.3 Å². The molecule has 0 aliphatic rings. The molecule has 0 spiro atoms. The highest BCUT2D eigenvalue weighted by Gasteiger charge is 2.16. The minimum atomic E-state index is -1.11. The lowest BCUT2D eigenvalue weighted by molar-refractivity contribution is -0.388. The molecular weight excluding hydrogens is 191 g/mol. The molecule has 1 rings (SSSR count). The van der Waals surface area contributed by atoms with Crippen LogP contribution in [0.1, 0.15) is 13.8 Å². The van der Waals surface area contributed by atoms with Gasteiger partial charge in [0.2, 0.25) is 0 Å². The molecule has 0 radical (unpaired) electrons. The maximum absolute atomic E-state index is 12.7. The fourth-order valence-corrected chi connectivity index (χ4v) is 0.883. The van der Waals surface area contributed by atoms with Crippen LogP contribution in [0.3, 0.4) is 0 Å². The Kier molecular flexibility index (Phi) is 2.95. The van der Waals surface area contributed by atoms with Crippen molar-refractivity contribution >= 4 is 5.69 Å². The average molecular weight is 200 g/mol. The first-order valence-electron chi connectivity index (χ1n) is 3.97. The molecule has 5 nitrogen and oxygen atoms in total. The molecule has 0 unspecified atom stereocenters. The van der Waals surface area contributed by atoms with E-state index in [-0.39, 0.29) is 11.9 Å². The Balaban J connectivity index is 3.00. The van der Waals surface area contributed by atoms with E-state index in [1.807, 2.05) is 0 Å². The lowest BCUT2D eigenvalue weighted by atomic mass is 10.4. The zero-order valence-corrected chi connectivity index (χ0v) is 7.73. The van der Waals surface area contributed by atoms with E-state index in [4.69, 9.17) is 4.74 Å². The molecule has 0 aliphatic carbocycles. The molecule has 0 fully saturated rings. The first-order valence-corrected chi connectivity index (χ1v) is 3.97. The molecule has 6 heteroatoms. The minimum Gasteiger partial charge on any atom is -0.489 e. The number of nitrogens with zero attached hydrogens (tertiary/aromatic N) is 2. The minimum absolute atomic E-state index is 0.137. The summed E-state index contributed by atoms with van der Waals surface area (Å²) in [6.07, 6.45) is 0.976. The first kappa shape index (κ1) is 10.4. The quantitative estimate of drug-likeness (QED) is 0.424. The Morgan fingerprint density at radius 2 is 2.29 bits per heavy atom. The Labute approximate surface area is 79.7 Å². The summed E-state index contributed by atoms with van der Waals surface area (Å²) in [5.41, 5.74) is -0.678. The number of rotatable bonds is 3. The van der Waals surface area contributed by atoms with Crippen LogP contribution in [0, 0.1) is 16.1 Å². The molecular formula is C8H9FN2O3. The summed E-state index contributed by atoms with van der Waals surface area (Å²) in [5, 5.41) is 10.3. The van der Waals surface area contributed by atoms with E-state index in [0.717, 1.165) is 12.3 Å². The fourth-order valence-electron chi connectivity index (χ4n) is 0.883. The second kappa shape index (κ2) is 3.99. The van der Waals surface area contributed by atoms with Crippen molar-refractivity contribution in [3.63, 3.8) is 0 Å². The second-order valence-electron chi connectivity index (χ2n) is 2.90. The Morgan fingerprint density at radius 3 is 2.79 bits per heavy atom. The highest BCUT2D eigenvalue weighted by Crippen LogP contribution is 2.21. The van der Waals surface area contributed by atoms with E-state index in [0.29, 0.717) is 0 Å². The van der Waals surface area contributed by atoms with Gasteiger partial charge in [-0.25, -0.2) is 4.98 Å². The Hall–Kier alpha value is -1.72. The molecule has 76 valence electrons. The van der Waals surface area contributed by atoms with Crippen LogP contribution in [-0.2, 0) is 0 Å². The maximum Gasteiger partial charge on any atom is 0.327 e. The van der Waals surface area contributed by atoms with Crippen LogP contribution in [-0.4, -0.2) is 16.0 Å². The fraction of sp³-hybridized carbons (Fsp3) is 0.375. The highest BCUT2D eigenvalue weighted by molar-refractivity contribution is 5.35. The van der Waals surface area contributed by atoms with E-state index in [9.17, 15) is 14.5 Å². The normalized spacial score (nSPS) is 10.3. The zero-order valence-electron chi connectivity index (χ0n) is 7.73. The summed E-state index contributed by atoms with van der Waals surface area (Å²) in [5.74, 6) is -0.917. The van der Waals surface area contributed by atoms with Crippen molar-refractivity contribution in [1.82, 2.24) is 4.98 Å². The number of ether oxygens (including phenoxy) is 1. The highest BCUT2D eigenvalue weighted by atomic mass is 19.1. The molecule has 1 aromatic heterocycles. The lowest BCUT2D eigenvalue weighted by Gasteiger charge is -2.08. The van der Waals surface area contributed by atoms with Crippen LogP contribution in [0.4, 0.5) is 10.1 Å². The first-order chi connectivity index (χ1) is 6.50. The van der Waals surface area contributed by atoms with E-state index < -0.39 is 16.6 Å². The number of hydrogen-bond donors (Lipinski definition) is 0. The van der Waals surface area contributed by atoms with Crippen LogP contribution in [0.5, 0.6) is 5.75 Å². The third-order valence-electron chi connectivity index (χ3n) is 1.36. The van der Waals surface area contributed by atoms with Gasteiger partial charge in [-0.05, 0) is 13.8 Å². The summed E-state index contributed by atoms with van der Waals surface area (Å²) in [7, 11) is 0. The van der Waals surface area contributed by atoms with Gasteiger partial charge in [0.25, 0.3) is 5.95 Å². The van der Waals surface area contributed by atoms with Gasteiger partial charge in [0.1, 0.15) is 5.75 Å². The monoisotopic (exact) mass is 200 g/mol. The van der Waals surface area contributed by atoms with Crippen molar-refractivity contribution in [3.05, 3.63) is 28.3 Å². The molecule has 0 saturated carbocycles. The molecule has 0 N–H and O–H groups in total. The molecule has 1 heterocycles. The van der Waals surface area contributed by atoms with E-state index in [1.54, 1.807) is 13.8 Å². The molecule has 0 aromatic carbocycles. The van der Waals surface area contributed by atoms with Gasteiger partial charge in [-0.15, -0.1) is 0 Å². The number of hydrogen-bond acceptors (Lipinski definition) is 4. The van der Waals surface area contributed by atoms with Crippen molar-refractivity contribution in [2.75, 3.05) is 0 Å². The summed E-state index contributed by atoms with van der Waals surface area (Å²) >= 11 is 0. The summed E-state index contributed by atoms with van der Waals surface area (Å²) in [6.45, 7) is 3.52. The molecule has 0 aliphatic heterocycles. The maximum atomic E-state index is 12.7. The number of nitro groups is 1. The number of pyridine rings is 1. The topological polar surface area (TPSA) is 65.3 Å².